The molecule has 0 spiro atoms. The molecule has 1 aliphatic rings. The number of nitrogens with zero attached hydrogens (tertiary/aromatic N) is 6. The quantitative estimate of drug-likeness (QED) is 0.813. The topological polar surface area (TPSA) is 110 Å². The van der Waals surface area contributed by atoms with Crippen LogP contribution in [-0.4, -0.2) is 46.6 Å². The summed E-state index contributed by atoms with van der Waals surface area (Å²) < 4.78 is 0. The molecule has 3 rings (SSSR count). The molecule has 1 saturated heterocycles. The number of rotatable bonds is 2. The Hall–Kier alpha value is -1.68. The number of nitrogens with two attached hydrogens (primary N) is 2. The van der Waals surface area contributed by atoms with Crippen LogP contribution in [0.2, 0.25) is 0 Å². The minimum absolute atomic E-state index is 0.507. The summed E-state index contributed by atoms with van der Waals surface area (Å²) in [4.78, 5) is 4.41. The highest BCUT2D eigenvalue weighted by Crippen LogP contribution is 2.26. The zero-order valence-corrected chi connectivity index (χ0v) is 11.8. The first-order valence-corrected chi connectivity index (χ1v) is 7.53. The van der Waals surface area contributed by atoms with Gasteiger partial charge in [-0.25, -0.2) is 0 Å². The summed E-state index contributed by atoms with van der Waals surface area (Å²) >= 11 is 2.84. The molecule has 0 saturated carbocycles. The fourth-order valence-electron chi connectivity index (χ4n) is 2.01. The van der Waals surface area contributed by atoms with E-state index in [4.69, 9.17) is 11.5 Å². The lowest BCUT2D eigenvalue weighted by Crippen LogP contribution is -2.30. The van der Waals surface area contributed by atoms with Crippen molar-refractivity contribution in [1.82, 2.24) is 20.4 Å². The van der Waals surface area contributed by atoms with Crippen LogP contribution in [0.1, 0.15) is 6.42 Å². The highest BCUT2D eigenvalue weighted by Gasteiger charge is 2.20. The van der Waals surface area contributed by atoms with E-state index in [1.54, 1.807) is 0 Å². The molecule has 8 nitrogen and oxygen atoms in total. The lowest BCUT2D eigenvalue weighted by atomic mass is 10.4. The van der Waals surface area contributed by atoms with Crippen LogP contribution in [0.4, 0.5) is 20.5 Å². The molecular formula is C9H14N8S2. The van der Waals surface area contributed by atoms with Gasteiger partial charge in [0.1, 0.15) is 0 Å². The molecule has 2 aromatic rings. The van der Waals surface area contributed by atoms with Gasteiger partial charge in [-0.15, -0.1) is 20.4 Å². The van der Waals surface area contributed by atoms with Gasteiger partial charge < -0.3 is 21.3 Å². The van der Waals surface area contributed by atoms with Crippen molar-refractivity contribution in [3.8, 4) is 0 Å². The molecule has 0 unspecified atom stereocenters. The molecule has 0 bridgehead atoms. The predicted octanol–water partition coefficient (Wildman–Crippen LogP) is 0.271. The Balaban J connectivity index is 1.69. The van der Waals surface area contributed by atoms with Crippen LogP contribution < -0.4 is 21.3 Å². The lowest BCUT2D eigenvalue weighted by molar-refractivity contribution is 0.796. The van der Waals surface area contributed by atoms with E-state index in [0.29, 0.717) is 10.3 Å². The standard InChI is InChI=1S/C9H14N8S2/c10-6-12-14-8(18-6)16-2-1-3-17(5-4-16)9-15-13-7(11)19-9/h1-5H2,(H2,10,12)(H2,11,13). The van der Waals surface area contributed by atoms with Crippen molar-refractivity contribution in [3.63, 3.8) is 0 Å². The van der Waals surface area contributed by atoms with E-state index in [1.807, 2.05) is 0 Å². The average Bonchev–Trinajstić information content (AvgIpc) is 2.92. The van der Waals surface area contributed by atoms with Crippen molar-refractivity contribution in [3.05, 3.63) is 0 Å². The Kier molecular flexibility index (Phi) is 3.34. The second kappa shape index (κ2) is 5.13. The monoisotopic (exact) mass is 298 g/mol. The molecule has 0 aliphatic carbocycles. The molecular weight excluding hydrogens is 284 g/mol. The smallest absolute Gasteiger partial charge is 0.210 e. The van der Waals surface area contributed by atoms with E-state index >= 15 is 0 Å². The number of anilines is 4. The van der Waals surface area contributed by atoms with E-state index in [0.717, 1.165) is 42.9 Å². The number of nitrogen functional groups attached to an aromatic ring is 2. The first kappa shape index (κ1) is 12.4. The summed E-state index contributed by atoms with van der Waals surface area (Å²) in [5, 5.41) is 18.7. The Morgan fingerprint density at radius 2 is 1.21 bits per heavy atom. The Morgan fingerprint density at radius 3 is 1.58 bits per heavy atom. The summed E-state index contributed by atoms with van der Waals surface area (Å²) in [5.74, 6) is 0. The van der Waals surface area contributed by atoms with Crippen molar-refractivity contribution in [2.24, 2.45) is 0 Å². The van der Waals surface area contributed by atoms with E-state index in [9.17, 15) is 0 Å². The van der Waals surface area contributed by atoms with Gasteiger partial charge in [0.15, 0.2) is 0 Å². The molecule has 2 aromatic heterocycles. The van der Waals surface area contributed by atoms with Crippen molar-refractivity contribution in [2.75, 3.05) is 47.4 Å². The normalized spacial score (nSPS) is 16.6. The zero-order chi connectivity index (χ0) is 13.2. The second-order valence-electron chi connectivity index (χ2n) is 4.17. The summed E-state index contributed by atoms with van der Waals surface area (Å²) in [7, 11) is 0. The van der Waals surface area contributed by atoms with E-state index < -0.39 is 0 Å². The summed E-state index contributed by atoms with van der Waals surface area (Å²) in [6.07, 6.45) is 1.03. The van der Waals surface area contributed by atoms with Gasteiger partial charge in [-0.05, 0) is 6.42 Å². The predicted molar refractivity (Wildman–Crippen MR) is 77.7 cm³/mol. The Morgan fingerprint density at radius 1 is 0.737 bits per heavy atom. The van der Waals surface area contributed by atoms with Crippen molar-refractivity contribution in [1.29, 1.82) is 0 Å². The van der Waals surface area contributed by atoms with Crippen LogP contribution in [0.3, 0.4) is 0 Å². The molecule has 4 N–H and O–H groups in total. The van der Waals surface area contributed by atoms with Gasteiger partial charge in [0.2, 0.25) is 20.5 Å². The fourth-order valence-corrected chi connectivity index (χ4v) is 3.33. The minimum Gasteiger partial charge on any atom is -0.374 e. The second-order valence-corrected chi connectivity index (χ2v) is 6.15. The van der Waals surface area contributed by atoms with Crippen LogP contribution in [0.25, 0.3) is 0 Å². The average molecular weight is 298 g/mol. The summed E-state index contributed by atoms with van der Waals surface area (Å²) in [5.41, 5.74) is 11.2. The Labute approximate surface area is 118 Å². The maximum absolute atomic E-state index is 5.62. The van der Waals surface area contributed by atoms with E-state index in [2.05, 4.69) is 30.2 Å². The molecule has 0 radical (unpaired) electrons. The molecule has 3 heterocycles. The highest BCUT2D eigenvalue weighted by atomic mass is 32.1. The number of aromatic nitrogens is 4. The van der Waals surface area contributed by atoms with E-state index in [1.165, 1.54) is 22.7 Å². The molecule has 1 aliphatic heterocycles. The third kappa shape index (κ3) is 2.68. The third-order valence-electron chi connectivity index (χ3n) is 2.90. The maximum Gasteiger partial charge on any atom is 0.210 e. The summed E-state index contributed by atoms with van der Waals surface area (Å²) in [6.45, 7) is 3.63. The molecule has 10 heteroatoms. The van der Waals surface area contributed by atoms with Crippen LogP contribution >= 0.6 is 22.7 Å². The van der Waals surface area contributed by atoms with Gasteiger partial charge in [-0.2, -0.15) is 0 Å². The lowest BCUT2D eigenvalue weighted by Gasteiger charge is -2.20. The van der Waals surface area contributed by atoms with Gasteiger partial charge in [0.25, 0.3) is 0 Å². The van der Waals surface area contributed by atoms with Crippen LogP contribution in [0.5, 0.6) is 0 Å². The Bertz CT molecular complexity index is 504. The van der Waals surface area contributed by atoms with Crippen molar-refractivity contribution >= 4 is 43.2 Å². The van der Waals surface area contributed by atoms with Gasteiger partial charge >= 0.3 is 0 Å². The van der Waals surface area contributed by atoms with Crippen LogP contribution in [0, 0.1) is 0 Å². The van der Waals surface area contributed by atoms with Crippen molar-refractivity contribution < 1.29 is 0 Å². The SMILES string of the molecule is Nc1nnc(N2CCCN(c3nnc(N)s3)CC2)s1. The highest BCUT2D eigenvalue weighted by molar-refractivity contribution is 7.19. The zero-order valence-electron chi connectivity index (χ0n) is 10.2. The molecule has 0 amide bonds. The van der Waals surface area contributed by atoms with E-state index in [-0.39, 0.29) is 0 Å². The van der Waals surface area contributed by atoms with Crippen LogP contribution in [0.15, 0.2) is 0 Å². The maximum atomic E-state index is 5.62. The third-order valence-corrected chi connectivity index (χ3v) is 4.52. The summed E-state index contributed by atoms with van der Waals surface area (Å²) in [6, 6.07) is 0. The molecule has 0 atom stereocenters. The number of hydrogen-bond acceptors (Lipinski definition) is 10. The first-order valence-electron chi connectivity index (χ1n) is 5.90. The first-order chi connectivity index (χ1) is 9.22. The van der Waals surface area contributed by atoms with Crippen LogP contribution in [-0.2, 0) is 0 Å². The minimum atomic E-state index is 0.507. The molecule has 1 fully saturated rings. The molecule has 102 valence electrons. The largest absolute Gasteiger partial charge is 0.374 e. The molecule has 19 heavy (non-hydrogen) atoms. The molecule has 0 aromatic carbocycles. The van der Waals surface area contributed by atoms with Crippen molar-refractivity contribution in [2.45, 2.75) is 6.42 Å². The number of hydrogen-bond donors (Lipinski definition) is 2. The van der Waals surface area contributed by atoms with Gasteiger partial charge in [-0.3, -0.25) is 0 Å². The van der Waals surface area contributed by atoms with Gasteiger partial charge in [-0.1, -0.05) is 22.7 Å². The fraction of sp³-hybridized carbons (Fsp3) is 0.556. The van der Waals surface area contributed by atoms with Gasteiger partial charge in [0.05, 0.1) is 0 Å². The van der Waals surface area contributed by atoms with Gasteiger partial charge in [0, 0.05) is 26.2 Å².